The molecule has 1 atom stereocenters. The second-order valence-electron chi connectivity index (χ2n) is 6.74. The van der Waals surface area contributed by atoms with Crippen molar-refractivity contribution in [3.8, 4) is 0 Å². The Morgan fingerprint density at radius 2 is 1.43 bits per heavy atom. The summed E-state index contributed by atoms with van der Waals surface area (Å²) in [5, 5.41) is 10.4. The average molecular weight is 331 g/mol. The van der Waals surface area contributed by atoms with E-state index in [1.165, 1.54) is 5.56 Å². The van der Waals surface area contributed by atoms with Gasteiger partial charge in [0.15, 0.2) is 0 Å². The minimum atomic E-state index is -0.840. The predicted molar refractivity (Wildman–Crippen MR) is 95.1 cm³/mol. The van der Waals surface area contributed by atoms with Crippen LogP contribution in [0, 0.1) is 5.41 Å². The average Bonchev–Trinajstić information content (AvgIpc) is 2.50. The predicted octanol–water partition coefficient (Wildman–Crippen LogP) is 5.34. The maximum absolute atomic E-state index is 11.8. The largest absolute Gasteiger partial charge is 0.481 e. The van der Waals surface area contributed by atoms with Crippen molar-refractivity contribution in [2.45, 2.75) is 39.5 Å². The Labute approximate surface area is 143 Å². The second-order valence-corrected chi connectivity index (χ2v) is 7.18. The molecule has 0 aromatic heterocycles. The summed E-state index contributed by atoms with van der Waals surface area (Å²) in [7, 11) is 0. The lowest BCUT2D eigenvalue weighted by molar-refractivity contribution is -0.147. The van der Waals surface area contributed by atoms with E-state index in [4.69, 9.17) is 11.6 Å². The Kier molecular flexibility index (Phi) is 5.48. The SMILES string of the molecule is CC(C)c1ccc(CC(C)(Cc2ccc(Cl)cc2)C(=O)O)cc1. The molecule has 2 nitrogen and oxygen atoms in total. The van der Waals surface area contributed by atoms with Crippen molar-refractivity contribution in [2.24, 2.45) is 5.41 Å². The number of aliphatic carboxylic acids is 1. The number of carbonyl (C=O) groups is 1. The van der Waals surface area contributed by atoms with Crippen LogP contribution in [0.5, 0.6) is 0 Å². The van der Waals surface area contributed by atoms with Crippen molar-refractivity contribution >= 4 is 17.6 Å². The quantitative estimate of drug-likeness (QED) is 0.776. The molecule has 0 radical (unpaired) electrons. The van der Waals surface area contributed by atoms with Crippen LogP contribution in [0.4, 0.5) is 0 Å². The number of hydrogen-bond acceptors (Lipinski definition) is 1. The van der Waals surface area contributed by atoms with E-state index in [-0.39, 0.29) is 0 Å². The molecule has 0 heterocycles. The highest BCUT2D eigenvalue weighted by Gasteiger charge is 2.33. The van der Waals surface area contributed by atoms with Crippen LogP contribution in [0.2, 0.25) is 5.02 Å². The highest BCUT2D eigenvalue weighted by atomic mass is 35.5. The van der Waals surface area contributed by atoms with E-state index < -0.39 is 11.4 Å². The molecule has 1 unspecified atom stereocenters. The summed E-state index contributed by atoms with van der Waals surface area (Å²) in [5.41, 5.74) is 2.46. The maximum atomic E-state index is 11.8. The standard InChI is InChI=1S/C20H23ClO2/c1-14(2)17-8-4-15(5-9-17)12-20(3,19(22)23)13-16-6-10-18(21)11-7-16/h4-11,14H,12-13H2,1-3H3,(H,22,23). The normalized spacial score (nSPS) is 13.8. The summed E-state index contributed by atoms with van der Waals surface area (Å²) in [6, 6.07) is 15.6. The van der Waals surface area contributed by atoms with E-state index in [2.05, 4.69) is 26.0 Å². The number of halogens is 1. The third-order valence-electron chi connectivity index (χ3n) is 4.26. The topological polar surface area (TPSA) is 37.3 Å². The van der Waals surface area contributed by atoms with Gasteiger partial charge in [-0.15, -0.1) is 0 Å². The van der Waals surface area contributed by atoms with Gasteiger partial charge < -0.3 is 5.11 Å². The van der Waals surface area contributed by atoms with Crippen LogP contribution in [0.1, 0.15) is 43.4 Å². The fraction of sp³-hybridized carbons (Fsp3) is 0.350. The molecule has 1 N–H and O–H groups in total. The van der Waals surface area contributed by atoms with Crippen LogP contribution >= 0.6 is 11.6 Å². The monoisotopic (exact) mass is 330 g/mol. The minimum absolute atomic E-state index is 0.476. The lowest BCUT2D eigenvalue weighted by Gasteiger charge is -2.25. The molecular formula is C20H23ClO2. The van der Waals surface area contributed by atoms with Gasteiger partial charge in [-0.2, -0.15) is 0 Å². The number of carboxylic acid groups (broad SMARTS) is 1. The molecule has 0 spiro atoms. The summed E-state index contributed by atoms with van der Waals surface area (Å²) in [5.74, 6) is -0.302. The van der Waals surface area contributed by atoms with Crippen molar-refractivity contribution in [1.29, 1.82) is 0 Å². The zero-order valence-electron chi connectivity index (χ0n) is 13.8. The Morgan fingerprint density at radius 1 is 1.00 bits per heavy atom. The van der Waals surface area contributed by atoms with Gasteiger partial charge >= 0.3 is 5.97 Å². The van der Waals surface area contributed by atoms with Crippen molar-refractivity contribution in [1.82, 2.24) is 0 Å². The van der Waals surface area contributed by atoms with Gasteiger partial charge in [0, 0.05) is 5.02 Å². The van der Waals surface area contributed by atoms with Gasteiger partial charge in [0.25, 0.3) is 0 Å². The Bertz CT molecular complexity index is 659. The summed E-state index contributed by atoms with van der Waals surface area (Å²) in [4.78, 5) is 11.8. The fourth-order valence-corrected chi connectivity index (χ4v) is 2.86. The molecule has 0 fully saturated rings. The molecule has 0 bridgehead atoms. The fourth-order valence-electron chi connectivity index (χ4n) is 2.74. The molecule has 2 rings (SSSR count). The molecule has 0 aliphatic heterocycles. The first-order valence-corrected chi connectivity index (χ1v) is 8.25. The zero-order valence-corrected chi connectivity index (χ0v) is 14.6. The molecule has 23 heavy (non-hydrogen) atoms. The number of rotatable bonds is 6. The summed E-state index contributed by atoms with van der Waals surface area (Å²) >= 11 is 5.90. The van der Waals surface area contributed by atoms with Crippen LogP contribution in [-0.2, 0) is 17.6 Å². The Morgan fingerprint density at radius 3 is 1.83 bits per heavy atom. The first-order chi connectivity index (χ1) is 10.8. The van der Waals surface area contributed by atoms with E-state index in [1.54, 1.807) is 19.1 Å². The second kappa shape index (κ2) is 7.18. The van der Waals surface area contributed by atoms with Gasteiger partial charge in [-0.3, -0.25) is 4.79 Å². The Balaban J connectivity index is 2.19. The van der Waals surface area contributed by atoms with Crippen LogP contribution in [-0.4, -0.2) is 11.1 Å². The lowest BCUT2D eigenvalue weighted by atomic mass is 9.78. The van der Waals surface area contributed by atoms with E-state index in [9.17, 15) is 9.90 Å². The van der Waals surface area contributed by atoms with Gasteiger partial charge in [-0.25, -0.2) is 0 Å². The lowest BCUT2D eigenvalue weighted by Crippen LogP contribution is -2.32. The molecule has 122 valence electrons. The number of carboxylic acids is 1. The van der Waals surface area contributed by atoms with Gasteiger partial charge in [0.1, 0.15) is 0 Å². The van der Waals surface area contributed by atoms with Gasteiger partial charge in [-0.05, 0) is 54.5 Å². The molecule has 0 saturated heterocycles. The van der Waals surface area contributed by atoms with Crippen LogP contribution < -0.4 is 0 Å². The van der Waals surface area contributed by atoms with Crippen molar-refractivity contribution in [3.63, 3.8) is 0 Å². The Hall–Kier alpha value is -1.80. The van der Waals surface area contributed by atoms with E-state index >= 15 is 0 Å². The molecule has 2 aromatic carbocycles. The molecule has 0 saturated carbocycles. The van der Waals surface area contributed by atoms with Crippen molar-refractivity contribution in [3.05, 3.63) is 70.2 Å². The highest BCUT2D eigenvalue weighted by Crippen LogP contribution is 2.29. The third-order valence-corrected chi connectivity index (χ3v) is 4.52. The highest BCUT2D eigenvalue weighted by molar-refractivity contribution is 6.30. The molecule has 2 aromatic rings. The van der Waals surface area contributed by atoms with Gasteiger partial charge in [0.2, 0.25) is 0 Å². The van der Waals surface area contributed by atoms with Crippen molar-refractivity contribution < 1.29 is 9.90 Å². The first kappa shape index (κ1) is 17.6. The third kappa shape index (κ3) is 4.59. The van der Waals surface area contributed by atoms with Crippen LogP contribution in [0.3, 0.4) is 0 Å². The van der Waals surface area contributed by atoms with E-state index in [1.807, 2.05) is 24.3 Å². The zero-order chi connectivity index (χ0) is 17.0. The minimum Gasteiger partial charge on any atom is -0.481 e. The van der Waals surface area contributed by atoms with Crippen LogP contribution in [0.15, 0.2) is 48.5 Å². The summed E-state index contributed by atoms with van der Waals surface area (Å²) < 4.78 is 0. The number of benzene rings is 2. The first-order valence-electron chi connectivity index (χ1n) is 7.87. The van der Waals surface area contributed by atoms with Crippen molar-refractivity contribution in [2.75, 3.05) is 0 Å². The molecular weight excluding hydrogens is 308 g/mol. The molecule has 0 amide bonds. The van der Waals surface area contributed by atoms with Crippen LogP contribution in [0.25, 0.3) is 0 Å². The van der Waals surface area contributed by atoms with Gasteiger partial charge in [0.05, 0.1) is 5.41 Å². The summed E-state index contributed by atoms with van der Waals surface area (Å²) in [6.07, 6.45) is 0.981. The smallest absolute Gasteiger partial charge is 0.310 e. The number of hydrogen-bond donors (Lipinski definition) is 1. The maximum Gasteiger partial charge on any atom is 0.310 e. The van der Waals surface area contributed by atoms with E-state index in [0.29, 0.717) is 23.8 Å². The van der Waals surface area contributed by atoms with E-state index in [0.717, 1.165) is 11.1 Å². The molecule has 0 aliphatic rings. The van der Waals surface area contributed by atoms with Gasteiger partial charge in [-0.1, -0.05) is 61.8 Å². The molecule has 3 heteroatoms. The summed E-state index contributed by atoms with van der Waals surface area (Å²) in [6.45, 7) is 6.11. The molecule has 0 aliphatic carbocycles.